The molecule has 0 amide bonds. The Morgan fingerprint density at radius 2 is 2.00 bits per heavy atom. The first-order chi connectivity index (χ1) is 4.39. The third kappa shape index (κ3) is 3.22. The van der Waals surface area contributed by atoms with Crippen molar-refractivity contribution in [3.05, 3.63) is 0 Å². The molecule has 0 spiro atoms. The molecule has 0 aliphatic rings. The van der Waals surface area contributed by atoms with Gasteiger partial charge in [-0.2, -0.15) is 0 Å². The Kier molecular flexibility index (Phi) is 4.22. The molecule has 0 aliphatic heterocycles. The van der Waals surface area contributed by atoms with E-state index in [9.17, 15) is 4.57 Å². The van der Waals surface area contributed by atoms with Gasteiger partial charge in [-0.1, -0.05) is 0 Å². The summed E-state index contributed by atoms with van der Waals surface area (Å²) >= 11 is 10.8. The number of hydrogen-bond donors (Lipinski definition) is 2. The highest BCUT2D eigenvalue weighted by molar-refractivity contribution is 7.52. The average molecular weight is 207 g/mol. The van der Waals surface area contributed by atoms with E-state index in [4.69, 9.17) is 33.0 Å². The Bertz CT molecular complexity index is 145. The minimum Gasteiger partial charge on any atom is -0.324 e. The van der Waals surface area contributed by atoms with Gasteiger partial charge < -0.3 is 9.79 Å². The summed E-state index contributed by atoms with van der Waals surface area (Å²) in [5.74, 6) is 0.0494. The van der Waals surface area contributed by atoms with Gasteiger partial charge in [-0.05, 0) is 6.92 Å². The summed E-state index contributed by atoms with van der Waals surface area (Å²) in [4.78, 5) is 17.1. The predicted octanol–water partition coefficient (Wildman–Crippen LogP) is 1.40. The van der Waals surface area contributed by atoms with Gasteiger partial charge in [0.25, 0.3) is 0 Å². The Balaban J connectivity index is 4.08. The number of hydrogen-bond acceptors (Lipinski definition) is 1. The van der Waals surface area contributed by atoms with E-state index in [1.807, 2.05) is 0 Å². The van der Waals surface area contributed by atoms with E-state index in [-0.39, 0.29) is 5.88 Å². The Hall–Kier alpha value is 0.730. The topological polar surface area (TPSA) is 57.5 Å². The van der Waals surface area contributed by atoms with Gasteiger partial charge in [-0.25, -0.2) is 0 Å². The molecule has 0 aromatic heterocycles. The second kappa shape index (κ2) is 3.93. The molecule has 3 nitrogen and oxygen atoms in total. The molecule has 10 heavy (non-hydrogen) atoms. The van der Waals surface area contributed by atoms with Crippen LogP contribution >= 0.6 is 30.8 Å². The van der Waals surface area contributed by atoms with Crippen molar-refractivity contribution in [2.75, 3.05) is 5.88 Å². The Labute approximate surface area is 69.5 Å². The third-order valence-corrected chi connectivity index (χ3v) is 3.82. The fourth-order valence-corrected chi connectivity index (χ4v) is 1.70. The fraction of sp³-hybridized carbons (Fsp3) is 1.00. The van der Waals surface area contributed by atoms with Crippen molar-refractivity contribution in [3.8, 4) is 0 Å². The summed E-state index contributed by atoms with van der Waals surface area (Å²) in [6.07, 6.45) is 0. The zero-order chi connectivity index (χ0) is 8.36. The van der Waals surface area contributed by atoms with E-state index >= 15 is 0 Å². The molecule has 0 rings (SSSR count). The summed E-state index contributed by atoms with van der Waals surface area (Å²) in [5.41, 5.74) is -0.869. The molecule has 0 aliphatic carbocycles. The minimum atomic E-state index is -4.05. The standard InChI is InChI=1S/C4H9Cl2O3P/c1-3(4(6)2-5)10(7,8)9/h3-4H,2H2,1H3,(H2,7,8,9). The monoisotopic (exact) mass is 206 g/mol. The van der Waals surface area contributed by atoms with Gasteiger partial charge in [0.05, 0.1) is 11.0 Å². The molecule has 2 atom stereocenters. The van der Waals surface area contributed by atoms with Crippen molar-refractivity contribution in [2.24, 2.45) is 0 Å². The number of halogens is 2. The van der Waals surface area contributed by atoms with E-state index in [2.05, 4.69) is 0 Å². The van der Waals surface area contributed by atoms with Gasteiger partial charge in [0.1, 0.15) is 0 Å². The van der Waals surface area contributed by atoms with Gasteiger partial charge in [0.2, 0.25) is 0 Å². The third-order valence-electron chi connectivity index (χ3n) is 1.20. The molecule has 0 saturated heterocycles. The summed E-state index contributed by atoms with van der Waals surface area (Å²) in [7, 11) is -4.05. The van der Waals surface area contributed by atoms with Crippen molar-refractivity contribution in [3.63, 3.8) is 0 Å². The van der Waals surface area contributed by atoms with Gasteiger partial charge in [0, 0.05) is 5.88 Å². The Morgan fingerprint density at radius 1 is 1.60 bits per heavy atom. The Morgan fingerprint density at radius 3 is 2.10 bits per heavy atom. The van der Waals surface area contributed by atoms with E-state index in [1.54, 1.807) is 0 Å². The number of alkyl halides is 2. The summed E-state index contributed by atoms with van der Waals surface area (Å²) in [6, 6.07) is 0. The molecule has 6 heteroatoms. The molecular formula is C4H9Cl2O3P. The van der Waals surface area contributed by atoms with Crippen LogP contribution in [0.5, 0.6) is 0 Å². The maximum absolute atomic E-state index is 10.5. The van der Waals surface area contributed by atoms with Crippen LogP contribution in [0.3, 0.4) is 0 Å². The minimum absolute atomic E-state index is 0.0494. The van der Waals surface area contributed by atoms with Crippen molar-refractivity contribution >= 4 is 30.8 Å². The van der Waals surface area contributed by atoms with Crippen molar-refractivity contribution in [2.45, 2.75) is 18.0 Å². The molecule has 0 saturated carbocycles. The highest BCUT2D eigenvalue weighted by Gasteiger charge is 2.29. The first-order valence-corrected chi connectivity index (χ1v) is 5.30. The lowest BCUT2D eigenvalue weighted by Crippen LogP contribution is -2.18. The van der Waals surface area contributed by atoms with Crippen LogP contribution in [-0.4, -0.2) is 26.7 Å². The van der Waals surface area contributed by atoms with Gasteiger partial charge >= 0.3 is 7.60 Å². The second-order valence-corrected chi connectivity index (χ2v) is 4.86. The summed E-state index contributed by atoms with van der Waals surface area (Å²) < 4.78 is 10.5. The van der Waals surface area contributed by atoms with Gasteiger partial charge in [-0.3, -0.25) is 4.57 Å². The van der Waals surface area contributed by atoms with Crippen molar-refractivity contribution in [1.82, 2.24) is 0 Å². The summed E-state index contributed by atoms with van der Waals surface area (Å²) in [6.45, 7) is 1.38. The second-order valence-electron chi connectivity index (χ2n) is 2.00. The van der Waals surface area contributed by atoms with Crippen LogP contribution < -0.4 is 0 Å². The predicted molar refractivity (Wildman–Crippen MR) is 41.9 cm³/mol. The van der Waals surface area contributed by atoms with Crippen LogP contribution in [0.1, 0.15) is 6.92 Å². The van der Waals surface area contributed by atoms with Crippen LogP contribution in [0.4, 0.5) is 0 Å². The molecule has 2 unspecified atom stereocenters. The maximum Gasteiger partial charge on any atom is 0.329 e. The van der Waals surface area contributed by atoms with E-state index in [1.165, 1.54) is 6.92 Å². The highest BCUT2D eigenvalue weighted by atomic mass is 35.5. The lowest BCUT2D eigenvalue weighted by Gasteiger charge is -2.16. The zero-order valence-corrected chi connectivity index (χ0v) is 7.77. The first kappa shape index (κ1) is 10.7. The largest absolute Gasteiger partial charge is 0.329 e. The molecule has 0 aromatic carbocycles. The SMILES string of the molecule is CC(C(Cl)CCl)P(=O)(O)O. The molecule has 0 bridgehead atoms. The van der Waals surface area contributed by atoms with Gasteiger partial charge in [-0.15, -0.1) is 23.2 Å². The van der Waals surface area contributed by atoms with E-state index in [0.29, 0.717) is 0 Å². The first-order valence-electron chi connectivity index (χ1n) is 2.65. The van der Waals surface area contributed by atoms with Crippen LogP contribution in [0.15, 0.2) is 0 Å². The molecule has 0 radical (unpaired) electrons. The molecule has 2 N–H and O–H groups in total. The average Bonchev–Trinajstić information content (AvgIpc) is 1.83. The highest BCUT2D eigenvalue weighted by Crippen LogP contribution is 2.44. The lowest BCUT2D eigenvalue weighted by atomic mass is 10.4. The fourth-order valence-electron chi connectivity index (χ4n) is 0.340. The van der Waals surface area contributed by atoms with Crippen LogP contribution in [-0.2, 0) is 4.57 Å². The van der Waals surface area contributed by atoms with E-state index < -0.39 is 18.6 Å². The number of rotatable bonds is 3. The molecule has 0 heterocycles. The van der Waals surface area contributed by atoms with Crippen molar-refractivity contribution in [1.29, 1.82) is 0 Å². The normalized spacial score (nSPS) is 18.5. The van der Waals surface area contributed by atoms with Crippen LogP contribution in [0.2, 0.25) is 0 Å². The van der Waals surface area contributed by atoms with Crippen molar-refractivity contribution < 1.29 is 14.4 Å². The van der Waals surface area contributed by atoms with Crippen LogP contribution in [0, 0.1) is 0 Å². The van der Waals surface area contributed by atoms with Gasteiger partial charge in [0.15, 0.2) is 0 Å². The van der Waals surface area contributed by atoms with E-state index in [0.717, 1.165) is 0 Å². The van der Waals surface area contributed by atoms with Crippen LogP contribution in [0.25, 0.3) is 0 Å². The zero-order valence-electron chi connectivity index (χ0n) is 5.37. The molecule has 0 fully saturated rings. The maximum atomic E-state index is 10.5. The summed E-state index contributed by atoms with van der Waals surface area (Å²) in [5, 5.41) is -0.664. The quantitative estimate of drug-likeness (QED) is 0.543. The molecular weight excluding hydrogens is 198 g/mol. The molecule has 62 valence electrons. The molecule has 0 aromatic rings. The lowest BCUT2D eigenvalue weighted by molar-refractivity contribution is 0.360. The smallest absolute Gasteiger partial charge is 0.324 e.